The first-order valence-electron chi connectivity index (χ1n) is 6.11. The fourth-order valence-corrected chi connectivity index (χ4v) is 2.30. The number of methoxy groups -OCH3 is 1. The Morgan fingerprint density at radius 3 is 2.21 bits per heavy atom. The molecule has 0 radical (unpaired) electrons. The number of halogens is 1. The van der Waals surface area contributed by atoms with Gasteiger partial charge in [-0.2, -0.15) is 0 Å². The summed E-state index contributed by atoms with van der Waals surface area (Å²) in [5, 5.41) is 11.0. The van der Waals surface area contributed by atoms with Crippen molar-refractivity contribution in [1.29, 1.82) is 0 Å². The monoisotopic (exact) mass is 276 g/mol. The second kappa shape index (κ2) is 5.64. The largest absolute Gasteiger partial charge is 0.497 e. The molecule has 0 saturated carbocycles. The predicted molar refractivity (Wildman–Crippen MR) is 78.0 cm³/mol. The van der Waals surface area contributed by atoms with Crippen LogP contribution in [0.1, 0.15) is 28.4 Å². The average Bonchev–Trinajstić information content (AvgIpc) is 2.42. The van der Waals surface area contributed by atoms with Crippen LogP contribution in [0.4, 0.5) is 0 Å². The number of aryl methyl sites for hydroxylation is 2. The zero-order valence-corrected chi connectivity index (χ0v) is 12.0. The predicted octanol–water partition coefficient (Wildman–Crippen LogP) is 4.05. The third-order valence-corrected chi connectivity index (χ3v) is 3.67. The summed E-state index contributed by atoms with van der Waals surface area (Å²) >= 11 is 6.22. The van der Waals surface area contributed by atoms with Crippen LogP contribution in [0.5, 0.6) is 5.75 Å². The number of hydrogen-bond donors (Lipinski definition) is 1. The van der Waals surface area contributed by atoms with Crippen LogP contribution in [0.15, 0.2) is 36.4 Å². The van der Waals surface area contributed by atoms with Crippen molar-refractivity contribution in [2.24, 2.45) is 0 Å². The molecule has 0 aliphatic rings. The van der Waals surface area contributed by atoms with Gasteiger partial charge in [-0.3, -0.25) is 0 Å². The van der Waals surface area contributed by atoms with Gasteiger partial charge in [0, 0.05) is 10.6 Å². The number of benzene rings is 2. The number of aliphatic hydroxyl groups is 1. The van der Waals surface area contributed by atoms with Gasteiger partial charge < -0.3 is 9.84 Å². The Bertz CT molecular complexity index is 576. The van der Waals surface area contributed by atoms with Crippen molar-refractivity contribution in [2.45, 2.75) is 20.0 Å². The molecule has 0 amide bonds. The topological polar surface area (TPSA) is 29.5 Å². The molecule has 2 aromatic rings. The summed E-state index contributed by atoms with van der Waals surface area (Å²) in [6, 6.07) is 11.2. The van der Waals surface area contributed by atoms with Crippen molar-refractivity contribution in [2.75, 3.05) is 7.11 Å². The summed E-state index contributed by atoms with van der Waals surface area (Å²) in [5.74, 6) is 0.766. The fraction of sp³-hybridized carbons (Fsp3) is 0.250. The molecule has 0 aliphatic carbocycles. The van der Waals surface area contributed by atoms with E-state index in [0.29, 0.717) is 5.02 Å². The van der Waals surface area contributed by atoms with E-state index in [1.54, 1.807) is 7.11 Å². The lowest BCUT2D eigenvalue weighted by atomic mass is 9.98. The third kappa shape index (κ3) is 2.91. The molecule has 1 N–H and O–H groups in total. The first-order chi connectivity index (χ1) is 9.02. The van der Waals surface area contributed by atoms with E-state index < -0.39 is 6.10 Å². The van der Waals surface area contributed by atoms with E-state index >= 15 is 0 Å². The Labute approximate surface area is 118 Å². The Kier molecular flexibility index (Phi) is 4.13. The molecule has 0 bridgehead atoms. The first-order valence-corrected chi connectivity index (χ1v) is 6.49. The standard InChI is InChI=1S/C16H17ClO2/c1-10-8-14(15(17)9-11(10)2)16(18)12-4-6-13(19-3)7-5-12/h4-9,16,18H,1-3H3. The average molecular weight is 277 g/mol. The molecule has 1 unspecified atom stereocenters. The molecule has 0 spiro atoms. The van der Waals surface area contributed by atoms with Crippen molar-refractivity contribution in [3.8, 4) is 5.75 Å². The zero-order chi connectivity index (χ0) is 14.0. The number of ether oxygens (including phenoxy) is 1. The van der Waals surface area contributed by atoms with Gasteiger partial charge in [0.2, 0.25) is 0 Å². The quantitative estimate of drug-likeness (QED) is 0.916. The summed E-state index contributed by atoms with van der Waals surface area (Å²) in [5.41, 5.74) is 3.77. The molecule has 2 rings (SSSR count). The van der Waals surface area contributed by atoms with Gasteiger partial charge in [-0.25, -0.2) is 0 Å². The zero-order valence-electron chi connectivity index (χ0n) is 11.3. The van der Waals surface area contributed by atoms with E-state index in [0.717, 1.165) is 28.0 Å². The second-order valence-corrected chi connectivity index (χ2v) is 5.04. The van der Waals surface area contributed by atoms with Crippen molar-refractivity contribution < 1.29 is 9.84 Å². The van der Waals surface area contributed by atoms with Crippen LogP contribution in [0.3, 0.4) is 0 Å². The summed E-state index contributed by atoms with van der Waals surface area (Å²) in [6.07, 6.45) is -0.724. The number of hydrogen-bond acceptors (Lipinski definition) is 2. The van der Waals surface area contributed by atoms with Crippen molar-refractivity contribution in [3.05, 3.63) is 63.7 Å². The first kappa shape index (κ1) is 13.9. The fourth-order valence-electron chi connectivity index (χ4n) is 1.98. The van der Waals surface area contributed by atoms with Gasteiger partial charge in [0.15, 0.2) is 0 Å². The molecular formula is C16H17ClO2. The van der Waals surface area contributed by atoms with Crippen LogP contribution < -0.4 is 4.74 Å². The molecule has 0 fully saturated rings. The lowest BCUT2D eigenvalue weighted by molar-refractivity contribution is 0.220. The molecule has 1 atom stereocenters. The van der Waals surface area contributed by atoms with Gasteiger partial charge in [-0.15, -0.1) is 0 Å². The minimum atomic E-state index is -0.724. The molecule has 0 aromatic heterocycles. The molecule has 3 heteroatoms. The maximum absolute atomic E-state index is 10.4. The van der Waals surface area contributed by atoms with Crippen molar-refractivity contribution >= 4 is 11.6 Å². The van der Waals surface area contributed by atoms with E-state index in [9.17, 15) is 5.11 Å². The van der Waals surface area contributed by atoms with Crippen LogP contribution in [0, 0.1) is 13.8 Å². The molecule has 0 saturated heterocycles. The Morgan fingerprint density at radius 2 is 1.63 bits per heavy atom. The lowest BCUT2D eigenvalue weighted by Crippen LogP contribution is -2.02. The highest BCUT2D eigenvalue weighted by molar-refractivity contribution is 6.31. The second-order valence-electron chi connectivity index (χ2n) is 4.63. The highest BCUT2D eigenvalue weighted by atomic mass is 35.5. The van der Waals surface area contributed by atoms with Gasteiger partial charge in [0.1, 0.15) is 11.9 Å². The Balaban J connectivity index is 2.37. The lowest BCUT2D eigenvalue weighted by Gasteiger charge is -2.15. The van der Waals surface area contributed by atoms with Crippen LogP contribution in [-0.2, 0) is 0 Å². The Hall–Kier alpha value is -1.51. The van der Waals surface area contributed by atoms with Crippen LogP contribution in [0.2, 0.25) is 5.02 Å². The van der Waals surface area contributed by atoms with E-state index in [2.05, 4.69) is 0 Å². The molecule has 100 valence electrons. The van der Waals surface area contributed by atoms with Crippen molar-refractivity contribution in [1.82, 2.24) is 0 Å². The normalized spacial score (nSPS) is 12.3. The molecular weight excluding hydrogens is 260 g/mol. The molecule has 19 heavy (non-hydrogen) atoms. The van der Waals surface area contributed by atoms with E-state index in [1.807, 2.05) is 50.2 Å². The molecule has 0 heterocycles. The number of aliphatic hydroxyl groups excluding tert-OH is 1. The summed E-state index contributed by atoms with van der Waals surface area (Å²) in [4.78, 5) is 0. The highest BCUT2D eigenvalue weighted by Crippen LogP contribution is 2.31. The van der Waals surface area contributed by atoms with Crippen LogP contribution in [0.25, 0.3) is 0 Å². The summed E-state index contributed by atoms with van der Waals surface area (Å²) in [7, 11) is 1.62. The minimum absolute atomic E-state index is 0.589. The highest BCUT2D eigenvalue weighted by Gasteiger charge is 2.15. The SMILES string of the molecule is COc1ccc(C(O)c2cc(C)c(C)cc2Cl)cc1. The van der Waals surface area contributed by atoms with Gasteiger partial charge in [0.25, 0.3) is 0 Å². The van der Waals surface area contributed by atoms with Crippen molar-refractivity contribution in [3.63, 3.8) is 0 Å². The minimum Gasteiger partial charge on any atom is -0.497 e. The third-order valence-electron chi connectivity index (χ3n) is 3.34. The van der Waals surface area contributed by atoms with Gasteiger partial charge in [-0.05, 0) is 48.7 Å². The van der Waals surface area contributed by atoms with E-state index in [-0.39, 0.29) is 0 Å². The molecule has 0 aliphatic heterocycles. The van der Waals surface area contributed by atoms with E-state index in [4.69, 9.17) is 16.3 Å². The van der Waals surface area contributed by atoms with Gasteiger partial charge in [0.05, 0.1) is 7.11 Å². The van der Waals surface area contributed by atoms with Crippen LogP contribution in [-0.4, -0.2) is 12.2 Å². The summed E-state index contributed by atoms with van der Waals surface area (Å²) < 4.78 is 5.11. The smallest absolute Gasteiger partial charge is 0.118 e. The van der Waals surface area contributed by atoms with E-state index in [1.165, 1.54) is 0 Å². The molecule has 2 nitrogen and oxygen atoms in total. The summed E-state index contributed by atoms with van der Waals surface area (Å²) in [6.45, 7) is 4.01. The molecule has 2 aromatic carbocycles. The van der Waals surface area contributed by atoms with Crippen LogP contribution >= 0.6 is 11.6 Å². The maximum atomic E-state index is 10.4. The maximum Gasteiger partial charge on any atom is 0.118 e. The Morgan fingerprint density at radius 1 is 1.05 bits per heavy atom. The number of rotatable bonds is 3. The van der Waals surface area contributed by atoms with Gasteiger partial charge in [-0.1, -0.05) is 29.8 Å². The van der Waals surface area contributed by atoms with Gasteiger partial charge >= 0.3 is 0 Å².